The van der Waals surface area contributed by atoms with E-state index < -0.39 is 0 Å². The number of aromatic nitrogens is 2. The number of ether oxygens (including phenoxy) is 1. The van der Waals surface area contributed by atoms with Gasteiger partial charge in [-0.2, -0.15) is 5.10 Å². The van der Waals surface area contributed by atoms with Crippen LogP contribution >= 0.6 is 0 Å². The third kappa shape index (κ3) is 4.96. The molecule has 1 aromatic heterocycles. The molecule has 3 rings (SSSR count). The minimum atomic E-state index is -0.168. The number of urea groups is 1. The van der Waals surface area contributed by atoms with Crippen molar-refractivity contribution in [3.8, 4) is 5.75 Å². The average Bonchev–Trinajstić information content (AvgIpc) is 3.04. The maximum absolute atomic E-state index is 12.1. The number of anilines is 1. The van der Waals surface area contributed by atoms with Gasteiger partial charge in [0.25, 0.3) is 0 Å². The van der Waals surface area contributed by atoms with Crippen LogP contribution in [0.2, 0.25) is 0 Å². The number of carbonyl (C=O) groups is 1. The highest BCUT2D eigenvalue weighted by atomic mass is 16.5. The lowest BCUT2D eigenvalue weighted by Crippen LogP contribution is -2.44. The minimum absolute atomic E-state index is 0.168. The molecule has 0 unspecified atom stereocenters. The molecule has 0 bridgehead atoms. The normalized spacial score (nSPS) is 15.8. The summed E-state index contributed by atoms with van der Waals surface area (Å²) in [6.07, 6.45) is 5.47. The van der Waals surface area contributed by atoms with Crippen molar-refractivity contribution in [1.82, 2.24) is 20.0 Å². The molecule has 2 amide bonds. The third-order valence-electron chi connectivity index (χ3n) is 4.45. The summed E-state index contributed by atoms with van der Waals surface area (Å²) >= 11 is 0. The second-order valence-corrected chi connectivity index (χ2v) is 6.45. The van der Waals surface area contributed by atoms with Gasteiger partial charge in [-0.1, -0.05) is 12.1 Å². The summed E-state index contributed by atoms with van der Waals surface area (Å²) in [4.78, 5) is 14.4. The predicted molar refractivity (Wildman–Crippen MR) is 97.0 cm³/mol. The van der Waals surface area contributed by atoms with Crippen LogP contribution in [-0.4, -0.2) is 54.0 Å². The quantitative estimate of drug-likeness (QED) is 0.873. The highest BCUT2D eigenvalue weighted by molar-refractivity contribution is 5.89. The zero-order valence-electron chi connectivity index (χ0n) is 14.7. The Morgan fingerprint density at radius 2 is 2.00 bits per heavy atom. The standard InChI is InChI=1S/C18H25N5O2/c1-22-9-7-15(8-10-22)20-18(24)21-16-11-19-23(13-16)12-14-3-5-17(25-2)6-4-14/h3-6,11,13,15H,7-10,12H2,1-2H3,(H2,20,21,24). The number of benzene rings is 1. The number of amides is 2. The Morgan fingerprint density at radius 1 is 1.28 bits per heavy atom. The lowest BCUT2D eigenvalue weighted by atomic mass is 10.1. The van der Waals surface area contributed by atoms with Crippen molar-refractivity contribution in [3.63, 3.8) is 0 Å². The third-order valence-corrected chi connectivity index (χ3v) is 4.45. The number of likely N-dealkylation sites (tertiary alicyclic amines) is 1. The molecule has 2 N–H and O–H groups in total. The molecule has 1 aliphatic heterocycles. The molecule has 0 aliphatic carbocycles. The zero-order chi connectivity index (χ0) is 17.6. The number of nitrogens with zero attached hydrogens (tertiary/aromatic N) is 3. The van der Waals surface area contributed by atoms with Gasteiger partial charge in [-0.3, -0.25) is 4.68 Å². The van der Waals surface area contributed by atoms with Crippen LogP contribution in [0.3, 0.4) is 0 Å². The van der Waals surface area contributed by atoms with Gasteiger partial charge in [-0.25, -0.2) is 4.79 Å². The Bertz CT molecular complexity index is 690. The van der Waals surface area contributed by atoms with Gasteiger partial charge >= 0.3 is 6.03 Å². The van der Waals surface area contributed by atoms with Crippen LogP contribution in [-0.2, 0) is 6.54 Å². The minimum Gasteiger partial charge on any atom is -0.497 e. The lowest BCUT2D eigenvalue weighted by molar-refractivity contribution is 0.221. The molecule has 2 aromatic rings. The fraction of sp³-hybridized carbons (Fsp3) is 0.444. The number of piperidine rings is 1. The molecule has 25 heavy (non-hydrogen) atoms. The molecule has 1 aliphatic rings. The van der Waals surface area contributed by atoms with Crippen LogP contribution in [0.25, 0.3) is 0 Å². The largest absolute Gasteiger partial charge is 0.497 e. The monoisotopic (exact) mass is 343 g/mol. The van der Waals surface area contributed by atoms with E-state index >= 15 is 0 Å². The molecule has 1 fully saturated rings. The Balaban J connectivity index is 1.49. The van der Waals surface area contributed by atoms with Crippen molar-refractivity contribution in [3.05, 3.63) is 42.2 Å². The van der Waals surface area contributed by atoms with E-state index in [1.54, 1.807) is 18.0 Å². The summed E-state index contributed by atoms with van der Waals surface area (Å²) < 4.78 is 6.95. The molecule has 2 heterocycles. The molecule has 7 heteroatoms. The van der Waals surface area contributed by atoms with Gasteiger partial charge in [-0.05, 0) is 50.7 Å². The van der Waals surface area contributed by atoms with Gasteiger partial charge in [0.2, 0.25) is 0 Å². The molecule has 0 radical (unpaired) electrons. The zero-order valence-corrected chi connectivity index (χ0v) is 14.7. The molecule has 0 spiro atoms. The molecule has 1 saturated heterocycles. The molecule has 134 valence electrons. The first-order valence-electron chi connectivity index (χ1n) is 8.54. The summed E-state index contributed by atoms with van der Waals surface area (Å²) in [5, 5.41) is 10.2. The number of nitrogens with one attached hydrogen (secondary N) is 2. The van der Waals surface area contributed by atoms with Crippen LogP contribution in [0, 0.1) is 0 Å². The van der Waals surface area contributed by atoms with Gasteiger partial charge in [0.15, 0.2) is 0 Å². The van der Waals surface area contributed by atoms with E-state index in [-0.39, 0.29) is 12.1 Å². The SMILES string of the molecule is COc1ccc(Cn2cc(NC(=O)NC3CCN(C)CC3)cn2)cc1. The number of carbonyl (C=O) groups excluding carboxylic acids is 1. The molecule has 0 saturated carbocycles. The van der Waals surface area contributed by atoms with Crippen LogP contribution in [0.4, 0.5) is 10.5 Å². The Hall–Kier alpha value is -2.54. The lowest BCUT2D eigenvalue weighted by Gasteiger charge is -2.29. The van der Waals surface area contributed by atoms with Crippen LogP contribution < -0.4 is 15.4 Å². The van der Waals surface area contributed by atoms with Gasteiger partial charge in [0.1, 0.15) is 5.75 Å². The van der Waals surface area contributed by atoms with Gasteiger partial charge in [-0.15, -0.1) is 0 Å². The van der Waals surface area contributed by atoms with Crippen molar-refractivity contribution in [2.75, 3.05) is 32.6 Å². The molecular formula is C18H25N5O2. The Morgan fingerprint density at radius 3 is 2.68 bits per heavy atom. The van der Waals surface area contributed by atoms with Crippen molar-refractivity contribution in [1.29, 1.82) is 0 Å². The topological polar surface area (TPSA) is 71.4 Å². The van der Waals surface area contributed by atoms with E-state index in [0.29, 0.717) is 12.2 Å². The van der Waals surface area contributed by atoms with Gasteiger partial charge < -0.3 is 20.3 Å². The number of rotatable bonds is 5. The number of methoxy groups -OCH3 is 1. The maximum Gasteiger partial charge on any atom is 0.319 e. The highest BCUT2D eigenvalue weighted by Gasteiger charge is 2.18. The fourth-order valence-corrected chi connectivity index (χ4v) is 2.94. The summed E-state index contributed by atoms with van der Waals surface area (Å²) in [5.74, 6) is 0.831. The highest BCUT2D eigenvalue weighted by Crippen LogP contribution is 2.13. The first-order valence-corrected chi connectivity index (χ1v) is 8.54. The molecule has 0 atom stereocenters. The van der Waals surface area contributed by atoms with Crippen LogP contribution in [0.15, 0.2) is 36.7 Å². The summed E-state index contributed by atoms with van der Waals surface area (Å²) in [7, 11) is 3.75. The van der Waals surface area contributed by atoms with E-state index in [9.17, 15) is 4.79 Å². The van der Waals surface area contributed by atoms with E-state index in [0.717, 1.165) is 37.2 Å². The summed E-state index contributed by atoms with van der Waals surface area (Å²) in [6, 6.07) is 7.92. The number of hydrogen-bond donors (Lipinski definition) is 2. The fourth-order valence-electron chi connectivity index (χ4n) is 2.94. The molecule has 1 aromatic carbocycles. The summed E-state index contributed by atoms with van der Waals surface area (Å²) in [5.41, 5.74) is 1.81. The second-order valence-electron chi connectivity index (χ2n) is 6.45. The molecule has 7 nitrogen and oxygen atoms in total. The second kappa shape index (κ2) is 8.02. The Kier molecular flexibility index (Phi) is 5.55. The van der Waals surface area contributed by atoms with E-state index in [1.807, 2.05) is 30.5 Å². The average molecular weight is 343 g/mol. The van der Waals surface area contributed by atoms with E-state index in [4.69, 9.17) is 4.74 Å². The van der Waals surface area contributed by atoms with Crippen molar-refractivity contribution in [2.24, 2.45) is 0 Å². The maximum atomic E-state index is 12.1. The predicted octanol–water partition coefficient (Wildman–Crippen LogP) is 2.16. The first kappa shape index (κ1) is 17.3. The smallest absolute Gasteiger partial charge is 0.319 e. The van der Waals surface area contributed by atoms with Gasteiger partial charge in [0.05, 0.1) is 25.5 Å². The van der Waals surface area contributed by atoms with Gasteiger partial charge in [0, 0.05) is 12.2 Å². The molecular weight excluding hydrogens is 318 g/mol. The van der Waals surface area contributed by atoms with Crippen molar-refractivity contribution >= 4 is 11.7 Å². The summed E-state index contributed by atoms with van der Waals surface area (Å²) in [6.45, 7) is 2.68. The number of hydrogen-bond acceptors (Lipinski definition) is 4. The van der Waals surface area contributed by atoms with E-state index in [1.165, 1.54) is 0 Å². The van der Waals surface area contributed by atoms with E-state index in [2.05, 4.69) is 27.7 Å². The Labute approximate surface area is 148 Å². The van der Waals surface area contributed by atoms with Crippen LogP contribution in [0.1, 0.15) is 18.4 Å². The first-order chi connectivity index (χ1) is 12.1. The van der Waals surface area contributed by atoms with Crippen molar-refractivity contribution < 1.29 is 9.53 Å². The van der Waals surface area contributed by atoms with Crippen molar-refractivity contribution in [2.45, 2.75) is 25.4 Å². The van der Waals surface area contributed by atoms with Crippen LogP contribution in [0.5, 0.6) is 5.75 Å².